The van der Waals surface area contributed by atoms with Crippen molar-refractivity contribution in [2.24, 2.45) is 0 Å². The molecule has 1 atom stereocenters. The predicted octanol–water partition coefficient (Wildman–Crippen LogP) is 0.854. The maximum Gasteiger partial charge on any atom is 0.404 e. The summed E-state index contributed by atoms with van der Waals surface area (Å²) in [5.74, 6) is 0.144. The first-order chi connectivity index (χ1) is 10.1. The van der Waals surface area contributed by atoms with E-state index in [0.717, 1.165) is 24.3 Å². The molecule has 1 aliphatic rings. The number of aliphatic hydroxyl groups excluding tert-OH is 1. The molecule has 1 heterocycles. The van der Waals surface area contributed by atoms with Gasteiger partial charge in [0.1, 0.15) is 0 Å². The summed E-state index contributed by atoms with van der Waals surface area (Å²) >= 11 is 0. The molecule has 0 saturated carbocycles. The Bertz CT molecular complexity index is 503. The van der Waals surface area contributed by atoms with Gasteiger partial charge in [0.2, 0.25) is 5.91 Å². The highest BCUT2D eigenvalue weighted by Crippen LogP contribution is 2.22. The quantitative estimate of drug-likeness (QED) is 0.623. The van der Waals surface area contributed by atoms with Gasteiger partial charge in [-0.1, -0.05) is 0 Å². The molecule has 0 aromatic heterocycles. The topological polar surface area (TPSA) is 102 Å². The van der Waals surface area contributed by atoms with Crippen LogP contribution in [-0.2, 0) is 4.79 Å². The van der Waals surface area contributed by atoms with Crippen molar-refractivity contribution in [1.82, 2.24) is 5.32 Å². The molecule has 1 aromatic rings. The van der Waals surface area contributed by atoms with Gasteiger partial charge in [-0.25, -0.2) is 4.79 Å². The first kappa shape index (κ1) is 15.1. The minimum absolute atomic E-state index is 0.0251. The molecule has 21 heavy (non-hydrogen) atoms. The molecular formula is C14H19N3O4. The average Bonchev–Trinajstić information content (AvgIpc) is 2.89. The highest BCUT2D eigenvalue weighted by atomic mass is 16.4. The van der Waals surface area contributed by atoms with Gasteiger partial charge < -0.3 is 25.7 Å². The number of carbonyl (C=O) groups excluding carboxylic acids is 1. The van der Waals surface area contributed by atoms with Gasteiger partial charge in [-0.3, -0.25) is 4.79 Å². The molecule has 1 saturated heterocycles. The molecule has 7 heteroatoms. The van der Waals surface area contributed by atoms with Gasteiger partial charge in [0.15, 0.2) is 0 Å². The van der Waals surface area contributed by atoms with Gasteiger partial charge in [-0.2, -0.15) is 0 Å². The van der Waals surface area contributed by atoms with Crippen LogP contribution < -0.4 is 15.5 Å². The lowest BCUT2D eigenvalue weighted by molar-refractivity contribution is -0.117. The summed E-state index contributed by atoms with van der Waals surface area (Å²) in [6.07, 6.45) is -0.473. The van der Waals surface area contributed by atoms with Crippen LogP contribution in [0.3, 0.4) is 0 Å². The van der Waals surface area contributed by atoms with E-state index < -0.39 is 12.2 Å². The minimum atomic E-state index is -1.16. The van der Waals surface area contributed by atoms with E-state index in [0.29, 0.717) is 6.42 Å². The number of amides is 2. The maximum atomic E-state index is 11.6. The Morgan fingerprint density at radius 3 is 2.57 bits per heavy atom. The van der Waals surface area contributed by atoms with Crippen LogP contribution in [0.4, 0.5) is 16.2 Å². The van der Waals surface area contributed by atoms with E-state index in [1.807, 2.05) is 24.3 Å². The largest absolute Gasteiger partial charge is 0.465 e. The number of carboxylic acid groups (broad SMARTS) is 1. The Balaban J connectivity index is 1.82. The highest BCUT2D eigenvalue weighted by Gasteiger charge is 2.21. The lowest BCUT2D eigenvalue weighted by atomic mass is 10.2. The third kappa shape index (κ3) is 4.35. The van der Waals surface area contributed by atoms with Crippen molar-refractivity contribution in [3.63, 3.8) is 0 Å². The Morgan fingerprint density at radius 1 is 1.29 bits per heavy atom. The van der Waals surface area contributed by atoms with Crippen molar-refractivity contribution in [1.29, 1.82) is 0 Å². The number of hydrogen-bond donors (Lipinski definition) is 4. The van der Waals surface area contributed by atoms with Gasteiger partial charge in [-0.15, -0.1) is 0 Å². The summed E-state index contributed by atoms with van der Waals surface area (Å²) < 4.78 is 0. The second-order valence-electron chi connectivity index (χ2n) is 4.92. The Hall–Kier alpha value is -2.28. The Morgan fingerprint density at radius 2 is 2.00 bits per heavy atom. The fourth-order valence-corrected chi connectivity index (χ4v) is 2.19. The first-order valence-corrected chi connectivity index (χ1v) is 6.85. The number of nitrogens with one attached hydrogen (secondary N) is 2. The van der Waals surface area contributed by atoms with Crippen molar-refractivity contribution in [3.05, 3.63) is 24.3 Å². The lowest BCUT2D eigenvalue weighted by Gasteiger charge is -2.17. The first-order valence-electron chi connectivity index (χ1n) is 6.85. The fourth-order valence-electron chi connectivity index (χ4n) is 2.19. The summed E-state index contributed by atoms with van der Waals surface area (Å²) in [7, 11) is 0. The molecule has 114 valence electrons. The average molecular weight is 293 g/mol. The molecule has 2 amide bonds. The van der Waals surface area contributed by atoms with E-state index in [1.165, 1.54) is 0 Å². The van der Waals surface area contributed by atoms with Gasteiger partial charge in [0.05, 0.1) is 6.10 Å². The zero-order valence-corrected chi connectivity index (χ0v) is 11.6. The molecule has 1 aromatic carbocycles. The molecule has 4 N–H and O–H groups in total. The number of rotatable bonds is 6. The summed E-state index contributed by atoms with van der Waals surface area (Å²) in [6, 6.07) is 7.37. The monoisotopic (exact) mass is 293 g/mol. The SMILES string of the molecule is O=C(O)NCC(O)CNc1ccc(N2CCCC2=O)cc1. The number of carbonyl (C=O) groups is 2. The molecule has 0 bridgehead atoms. The molecule has 1 fully saturated rings. The zero-order valence-electron chi connectivity index (χ0n) is 11.6. The van der Waals surface area contributed by atoms with E-state index in [2.05, 4.69) is 10.6 Å². The molecule has 0 aliphatic carbocycles. The second kappa shape index (κ2) is 6.94. The predicted molar refractivity (Wildman–Crippen MR) is 78.6 cm³/mol. The van der Waals surface area contributed by atoms with Crippen LogP contribution in [0, 0.1) is 0 Å². The Kier molecular flexibility index (Phi) is 4.99. The van der Waals surface area contributed by atoms with Crippen LogP contribution in [0.5, 0.6) is 0 Å². The van der Waals surface area contributed by atoms with Crippen molar-refractivity contribution >= 4 is 23.4 Å². The van der Waals surface area contributed by atoms with Crippen LogP contribution in [0.1, 0.15) is 12.8 Å². The van der Waals surface area contributed by atoms with Gasteiger partial charge in [-0.05, 0) is 30.7 Å². The van der Waals surface area contributed by atoms with E-state index in [-0.39, 0.29) is 19.0 Å². The van der Waals surface area contributed by atoms with Crippen LogP contribution in [0.25, 0.3) is 0 Å². The van der Waals surface area contributed by atoms with Crippen molar-refractivity contribution in [3.8, 4) is 0 Å². The molecule has 2 rings (SSSR count). The second-order valence-corrected chi connectivity index (χ2v) is 4.92. The van der Waals surface area contributed by atoms with E-state index in [4.69, 9.17) is 5.11 Å². The zero-order chi connectivity index (χ0) is 15.2. The highest BCUT2D eigenvalue weighted by molar-refractivity contribution is 5.95. The van der Waals surface area contributed by atoms with Crippen molar-refractivity contribution < 1.29 is 19.8 Å². The third-order valence-electron chi connectivity index (χ3n) is 3.28. The summed E-state index contributed by atoms with van der Waals surface area (Å²) in [6.45, 7) is 0.968. The Labute approximate surface area is 122 Å². The number of nitrogens with zero attached hydrogens (tertiary/aromatic N) is 1. The van der Waals surface area contributed by atoms with Crippen LogP contribution in [0.2, 0.25) is 0 Å². The van der Waals surface area contributed by atoms with Gasteiger partial charge in [0.25, 0.3) is 0 Å². The fraction of sp³-hybridized carbons (Fsp3) is 0.429. The molecule has 0 spiro atoms. The number of hydrogen-bond acceptors (Lipinski definition) is 4. The normalized spacial score (nSPS) is 15.9. The smallest absolute Gasteiger partial charge is 0.404 e. The summed E-state index contributed by atoms with van der Waals surface area (Å²) in [4.78, 5) is 23.7. The number of aliphatic hydroxyl groups is 1. The minimum Gasteiger partial charge on any atom is -0.465 e. The third-order valence-corrected chi connectivity index (χ3v) is 3.28. The van der Waals surface area contributed by atoms with Crippen molar-refractivity contribution in [2.75, 3.05) is 29.9 Å². The molecule has 0 radical (unpaired) electrons. The van der Waals surface area contributed by atoms with E-state index in [9.17, 15) is 14.7 Å². The maximum absolute atomic E-state index is 11.6. The number of benzene rings is 1. The van der Waals surface area contributed by atoms with Gasteiger partial charge in [0, 0.05) is 37.4 Å². The van der Waals surface area contributed by atoms with E-state index >= 15 is 0 Å². The van der Waals surface area contributed by atoms with Crippen molar-refractivity contribution in [2.45, 2.75) is 18.9 Å². The number of anilines is 2. The van der Waals surface area contributed by atoms with Gasteiger partial charge >= 0.3 is 6.09 Å². The molecular weight excluding hydrogens is 274 g/mol. The summed E-state index contributed by atoms with van der Waals surface area (Å²) in [5, 5.41) is 23.1. The summed E-state index contributed by atoms with van der Waals surface area (Å²) in [5.41, 5.74) is 1.68. The molecule has 1 aliphatic heterocycles. The molecule has 7 nitrogen and oxygen atoms in total. The molecule has 1 unspecified atom stereocenters. The van der Waals surface area contributed by atoms with Crippen LogP contribution in [-0.4, -0.2) is 48.0 Å². The van der Waals surface area contributed by atoms with Crippen LogP contribution >= 0.6 is 0 Å². The lowest BCUT2D eigenvalue weighted by Crippen LogP contribution is -2.34. The standard InChI is InChI=1S/C14H19N3O4/c18-12(9-16-14(20)21)8-15-10-3-5-11(6-4-10)17-7-1-2-13(17)19/h3-6,12,15-16,18H,1-2,7-9H2,(H,20,21). The van der Waals surface area contributed by atoms with E-state index in [1.54, 1.807) is 4.90 Å². The van der Waals surface area contributed by atoms with Crippen LogP contribution in [0.15, 0.2) is 24.3 Å².